The minimum absolute atomic E-state index is 0.0769. The van der Waals surface area contributed by atoms with E-state index in [2.05, 4.69) is 0 Å². The summed E-state index contributed by atoms with van der Waals surface area (Å²) in [5, 5.41) is 0. The first-order valence-corrected chi connectivity index (χ1v) is 6.28. The lowest BCUT2D eigenvalue weighted by Crippen LogP contribution is -2.43. The normalized spacial score (nSPS) is 22.5. The van der Waals surface area contributed by atoms with Gasteiger partial charge in [0, 0.05) is 12.1 Å². The van der Waals surface area contributed by atoms with Crippen LogP contribution in [0.3, 0.4) is 0 Å². The first-order chi connectivity index (χ1) is 7.33. The first-order valence-electron chi connectivity index (χ1n) is 6.28. The van der Waals surface area contributed by atoms with E-state index in [0.717, 1.165) is 0 Å². The molecule has 2 fully saturated rings. The molecule has 2 aliphatic rings. The van der Waals surface area contributed by atoms with Gasteiger partial charge in [0.15, 0.2) is 0 Å². The van der Waals surface area contributed by atoms with Crippen LogP contribution < -0.4 is 0 Å². The Hall–Kier alpha value is -0.730. The molecule has 86 valence electrons. The van der Waals surface area contributed by atoms with Gasteiger partial charge in [-0.1, -0.05) is 19.3 Å². The lowest BCUT2D eigenvalue weighted by molar-refractivity contribution is 0.0769. The van der Waals surface area contributed by atoms with Crippen LogP contribution in [-0.2, 0) is 4.74 Å². The van der Waals surface area contributed by atoms with E-state index in [1.165, 1.54) is 44.9 Å². The van der Waals surface area contributed by atoms with Crippen LogP contribution >= 0.6 is 0 Å². The molecule has 0 bridgehead atoms. The Morgan fingerprint density at radius 1 is 1.13 bits per heavy atom. The number of ether oxygens (including phenoxy) is 1. The Balaban J connectivity index is 1.94. The molecule has 0 saturated heterocycles. The minimum atomic E-state index is -0.0769. The second-order valence-corrected chi connectivity index (χ2v) is 4.63. The van der Waals surface area contributed by atoms with Gasteiger partial charge in [0.1, 0.15) is 0 Å². The van der Waals surface area contributed by atoms with Crippen molar-refractivity contribution in [2.24, 2.45) is 0 Å². The smallest absolute Gasteiger partial charge is 0.410 e. The van der Waals surface area contributed by atoms with E-state index in [1.54, 1.807) is 0 Å². The number of hydrogen-bond donors (Lipinski definition) is 0. The van der Waals surface area contributed by atoms with Crippen LogP contribution in [0.1, 0.15) is 51.9 Å². The summed E-state index contributed by atoms with van der Waals surface area (Å²) in [5.41, 5.74) is 0. The van der Waals surface area contributed by atoms with Crippen LogP contribution in [0.4, 0.5) is 4.79 Å². The average molecular weight is 211 g/mol. The topological polar surface area (TPSA) is 29.5 Å². The number of amides is 1. The number of carbonyl (C=O) groups is 1. The van der Waals surface area contributed by atoms with Crippen molar-refractivity contribution in [1.29, 1.82) is 0 Å². The predicted octanol–water partition coefficient (Wildman–Crippen LogP) is 2.94. The molecule has 0 N–H and O–H groups in total. The predicted molar refractivity (Wildman–Crippen MR) is 58.8 cm³/mol. The van der Waals surface area contributed by atoms with Crippen molar-refractivity contribution in [3.05, 3.63) is 0 Å². The molecule has 3 nitrogen and oxygen atoms in total. The van der Waals surface area contributed by atoms with Gasteiger partial charge in [-0.3, -0.25) is 0 Å². The van der Waals surface area contributed by atoms with Gasteiger partial charge in [0.05, 0.1) is 6.61 Å². The third kappa shape index (κ3) is 2.64. The number of rotatable bonds is 3. The maximum absolute atomic E-state index is 11.8. The Labute approximate surface area is 91.8 Å². The molecule has 1 amide bonds. The van der Waals surface area contributed by atoms with E-state index in [9.17, 15) is 4.79 Å². The fourth-order valence-corrected chi connectivity index (χ4v) is 2.51. The van der Waals surface area contributed by atoms with E-state index in [4.69, 9.17) is 4.74 Å². The highest BCUT2D eigenvalue weighted by Crippen LogP contribution is 2.34. The third-order valence-corrected chi connectivity index (χ3v) is 3.39. The molecule has 0 aromatic rings. The zero-order valence-electron chi connectivity index (χ0n) is 9.58. The Kier molecular flexibility index (Phi) is 3.49. The number of nitrogens with zero attached hydrogens (tertiary/aromatic N) is 1. The van der Waals surface area contributed by atoms with Crippen molar-refractivity contribution in [2.45, 2.75) is 64.0 Å². The summed E-state index contributed by atoms with van der Waals surface area (Å²) >= 11 is 0. The van der Waals surface area contributed by atoms with Gasteiger partial charge in [-0.15, -0.1) is 0 Å². The lowest BCUT2D eigenvalue weighted by Gasteiger charge is -2.33. The molecule has 0 aliphatic heterocycles. The highest BCUT2D eigenvalue weighted by molar-refractivity contribution is 5.69. The maximum atomic E-state index is 11.8. The third-order valence-electron chi connectivity index (χ3n) is 3.39. The zero-order chi connectivity index (χ0) is 10.7. The van der Waals surface area contributed by atoms with Crippen molar-refractivity contribution in [1.82, 2.24) is 4.90 Å². The van der Waals surface area contributed by atoms with Crippen molar-refractivity contribution in [2.75, 3.05) is 6.61 Å². The SMILES string of the molecule is CCOC(=O)N(C1CCCCC1)C1CC1. The van der Waals surface area contributed by atoms with E-state index in [0.29, 0.717) is 18.7 Å². The van der Waals surface area contributed by atoms with E-state index in [1.807, 2.05) is 11.8 Å². The van der Waals surface area contributed by atoms with Crippen LogP contribution in [0.5, 0.6) is 0 Å². The molecule has 3 heteroatoms. The van der Waals surface area contributed by atoms with Crippen LogP contribution in [0, 0.1) is 0 Å². The molecule has 15 heavy (non-hydrogen) atoms. The average Bonchev–Trinajstić information content (AvgIpc) is 3.04. The summed E-state index contributed by atoms with van der Waals surface area (Å²) in [7, 11) is 0. The van der Waals surface area contributed by atoms with Gasteiger partial charge in [-0.2, -0.15) is 0 Å². The number of hydrogen-bond acceptors (Lipinski definition) is 2. The van der Waals surface area contributed by atoms with Crippen LogP contribution in [0.25, 0.3) is 0 Å². The molecule has 0 spiro atoms. The van der Waals surface area contributed by atoms with Crippen molar-refractivity contribution >= 4 is 6.09 Å². The quantitative estimate of drug-likeness (QED) is 0.718. The van der Waals surface area contributed by atoms with Crippen molar-refractivity contribution in [3.63, 3.8) is 0 Å². The summed E-state index contributed by atoms with van der Waals surface area (Å²) in [6.45, 7) is 2.37. The van der Waals surface area contributed by atoms with Crippen LogP contribution in [0.15, 0.2) is 0 Å². The lowest BCUT2D eigenvalue weighted by atomic mass is 9.94. The molecule has 0 radical (unpaired) electrons. The molecular formula is C12H21NO2. The highest BCUT2D eigenvalue weighted by Gasteiger charge is 2.38. The Bertz CT molecular complexity index is 220. The zero-order valence-corrected chi connectivity index (χ0v) is 9.58. The molecular weight excluding hydrogens is 190 g/mol. The second-order valence-electron chi connectivity index (χ2n) is 4.63. The van der Waals surface area contributed by atoms with E-state index >= 15 is 0 Å². The van der Waals surface area contributed by atoms with Crippen molar-refractivity contribution in [3.8, 4) is 0 Å². The Morgan fingerprint density at radius 2 is 1.73 bits per heavy atom. The van der Waals surface area contributed by atoms with Gasteiger partial charge >= 0.3 is 6.09 Å². The van der Waals surface area contributed by atoms with Crippen LogP contribution in [0.2, 0.25) is 0 Å². The summed E-state index contributed by atoms with van der Waals surface area (Å²) in [5.74, 6) is 0. The summed E-state index contributed by atoms with van der Waals surface area (Å²) in [4.78, 5) is 13.9. The highest BCUT2D eigenvalue weighted by atomic mass is 16.6. The largest absolute Gasteiger partial charge is 0.450 e. The monoisotopic (exact) mass is 211 g/mol. The van der Waals surface area contributed by atoms with Gasteiger partial charge < -0.3 is 9.64 Å². The standard InChI is InChI=1S/C12H21NO2/c1-2-15-12(14)13(11-8-9-11)10-6-4-3-5-7-10/h10-11H,2-9H2,1H3. The summed E-state index contributed by atoms with van der Waals surface area (Å²) in [6.07, 6.45) is 8.50. The molecule has 2 aliphatic carbocycles. The van der Waals surface area contributed by atoms with Gasteiger partial charge in [-0.05, 0) is 32.6 Å². The second kappa shape index (κ2) is 4.86. The summed E-state index contributed by atoms with van der Waals surface area (Å²) in [6, 6.07) is 0.956. The van der Waals surface area contributed by atoms with Gasteiger partial charge in [0.2, 0.25) is 0 Å². The molecule has 0 atom stereocenters. The maximum Gasteiger partial charge on any atom is 0.410 e. The minimum Gasteiger partial charge on any atom is -0.450 e. The van der Waals surface area contributed by atoms with E-state index in [-0.39, 0.29) is 6.09 Å². The number of carbonyl (C=O) groups excluding carboxylic acids is 1. The van der Waals surface area contributed by atoms with Gasteiger partial charge in [0.25, 0.3) is 0 Å². The molecule has 0 unspecified atom stereocenters. The fraction of sp³-hybridized carbons (Fsp3) is 0.917. The first kappa shape index (κ1) is 10.8. The fourth-order valence-electron chi connectivity index (χ4n) is 2.51. The Morgan fingerprint density at radius 3 is 2.27 bits per heavy atom. The van der Waals surface area contributed by atoms with Crippen LogP contribution in [-0.4, -0.2) is 29.7 Å². The van der Waals surface area contributed by atoms with E-state index < -0.39 is 0 Å². The molecule has 0 aromatic heterocycles. The molecule has 0 heterocycles. The summed E-state index contributed by atoms with van der Waals surface area (Å²) < 4.78 is 5.15. The van der Waals surface area contributed by atoms with Crippen molar-refractivity contribution < 1.29 is 9.53 Å². The molecule has 0 aromatic carbocycles. The molecule has 2 rings (SSSR count). The van der Waals surface area contributed by atoms with Gasteiger partial charge in [-0.25, -0.2) is 4.79 Å². The molecule has 2 saturated carbocycles.